The lowest BCUT2D eigenvalue weighted by Gasteiger charge is -2.39. The van der Waals surface area contributed by atoms with Crippen molar-refractivity contribution >= 4 is 56.1 Å². The van der Waals surface area contributed by atoms with Crippen LogP contribution in [0.25, 0.3) is 21.1 Å². The number of hydrogen-bond donors (Lipinski definition) is 2. The van der Waals surface area contributed by atoms with Crippen LogP contribution in [0, 0.1) is 11.7 Å². The molecule has 0 bridgehead atoms. The minimum Gasteiger partial charge on any atom is -0.489 e. The van der Waals surface area contributed by atoms with Gasteiger partial charge in [0, 0.05) is 69.0 Å². The number of fused-ring (bicyclic) bond motifs is 2. The largest absolute Gasteiger partial charge is 0.489 e. The van der Waals surface area contributed by atoms with Gasteiger partial charge in [-0.3, -0.25) is 29.1 Å². The number of amides is 4. The fraction of sp³-hybridized carbons (Fsp3) is 0.532. The SMILES string of the molecule is CNCC(=O)N[C@H](C(=O)N1CCN(C(=O)c2cc3cc(F)ccc3n2CC(=O)N2CCC[C@H]2COc2cc(CN3CCC(Oc4ccnc5ccsc45)CC3)on2)CC1)C1CCCCC1. The second-order valence-corrected chi connectivity index (χ2v) is 18.7. The molecule has 4 amide bonds. The van der Waals surface area contributed by atoms with Crippen LogP contribution in [0.3, 0.4) is 0 Å². The highest BCUT2D eigenvalue weighted by atomic mass is 32.1. The summed E-state index contributed by atoms with van der Waals surface area (Å²) in [6, 6.07) is 10.9. The van der Waals surface area contributed by atoms with Crippen molar-refractivity contribution in [3.63, 3.8) is 0 Å². The number of piperidine rings is 1. The van der Waals surface area contributed by atoms with Gasteiger partial charge < -0.3 is 43.9 Å². The highest BCUT2D eigenvalue weighted by molar-refractivity contribution is 7.17. The van der Waals surface area contributed by atoms with Crippen LogP contribution < -0.4 is 20.1 Å². The Hall–Kier alpha value is -5.59. The van der Waals surface area contributed by atoms with Crippen LogP contribution in [0.1, 0.15) is 74.0 Å². The first-order valence-corrected chi connectivity index (χ1v) is 24.0. The van der Waals surface area contributed by atoms with Gasteiger partial charge in [0.05, 0.1) is 29.3 Å². The zero-order valence-electron chi connectivity index (χ0n) is 36.9. The third kappa shape index (κ3) is 10.3. The summed E-state index contributed by atoms with van der Waals surface area (Å²) in [5, 5.41) is 12.6. The van der Waals surface area contributed by atoms with E-state index in [9.17, 15) is 23.6 Å². The first-order chi connectivity index (χ1) is 31.7. The molecule has 1 saturated carbocycles. The van der Waals surface area contributed by atoms with Crippen molar-refractivity contribution in [2.75, 3.05) is 66.0 Å². The summed E-state index contributed by atoms with van der Waals surface area (Å²) in [4.78, 5) is 66.9. The van der Waals surface area contributed by atoms with Gasteiger partial charge in [-0.2, -0.15) is 0 Å². The van der Waals surface area contributed by atoms with Crippen molar-refractivity contribution in [1.29, 1.82) is 0 Å². The Morgan fingerprint density at radius 3 is 2.51 bits per heavy atom. The van der Waals surface area contributed by atoms with E-state index in [4.69, 9.17) is 14.0 Å². The van der Waals surface area contributed by atoms with E-state index in [0.717, 1.165) is 86.8 Å². The smallest absolute Gasteiger partial charge is 0.270 e. The second-order valence-electron chi connectivity index (χ2n) is 17.8. The lowest BCUT2D eigenvalue weighted by Crippen LogP contribution is -2.58. The van der Waals surface area contributed by atoms with E-state index < -0.39 is 11.9 Å². The normalized spacial score (nSPS) is 19.5. The summed E-state index contributed by atoms with van der Waals surface area (Å²) < 4.78 is 35.4. The number of rotatable bonds is 15. The summed E-state index contributed by atoms with van der Waals surface area (Å²) in [6.07, 6.45) is 10.2. The molecule has 2 atom stereocenters. The monoisotopic (exact) mass is 911 g/mol. The lowest BCUT2D eigenvalue weighted by atomic mass is 9.83. The summed E-state index contributed by atoms with van der Waals surface area (Å²) in [6.45, 7) is 4.29. The summed E-state index contributed by atoms with van der Waals surface area (Å²) in [5.74, 6) is 0.798. The van der Waals surface area contributed by atoms with Crippen LogP contribution >= 0.6 is 11.3 Å². The van der Waals surface area contributed by atoms with Crippen LogP contribution in [0.5, 0.6) is 11.6 Å². The number of likely N-dealkylation sites (N-methyl/N-ethyl adjacent to an activating group) is 1. The molecule has 1 aliphatic carbocycles. The second kappa shape index (κ2) is 20.3. The Morgan fingerprint density at radius 1 is 0.908 bits per heavy atom. The molecule has 3 saturated heterocycles. The van der Waals surface area contributed by atoms with Gasteiger partial charge in [0.15, 0.2) is 5.76 Å². The molecule has 16 nitrogen and oxygen atoms in total. The number of carbonyl (C=O) groups is 4. The molecular formula is C47H58FN9O7S. The molecule has 346 valence electrons. The van der Waals surface area contributed by atoms with Gasteiger partial charge in [-0.1, -0.05) is 19.3 Å². The molecule has 4 aliphatic rings. The molecule has 0 radical (unpaired) electrons. The molecule has 0 unspecified atom stereocenters. The van der Waals surface area contributed by atoms with E-state index in [1.807, 2.05) is 23.6 Å². The van der Waals surface area contributed by atoms with E-state index in [1.54, 1.807) is 56.0 Å². The van der Waals surface area contributed by atoms with Gasteiger partial charge in [0.1, 0.15) is 42.6 Å². The number of halogens is 1. The predicted octanol–water partition coefficient (Wildman–Crippen LogP) is 5.06. The van der Waals surface area contributed by atoms with Gasteiger partial charge in [0.2, 0.25) is 17.7 Å². The maximum absolute atomic E-state index is 14.5. The molecule has 0 spiro atoms. The molecule has 1 aromatic carbocycles. The van der Waals surface area contributed by atoms with E-state index in [0.29, 0.717) is 48.7 Å². The van der Waals surface area contributed by atoms with E-state index in [1.165, 1.54) is 12.1 Å². The van der Waals surface area contributed by atoms with Crippen LogP contribution in [-0.2, 0) is 27.5 Å². The van der Waals surface area contributed by atoms with E-state index >= 15 is 0 Å². The molecule has 4 aromatic heterocycles. The van der Waals surface area contributed by atoms with Gasteiger partial charge in [-0.25, -0.2) is 4.39 Å². The third-order valence-corrected chi connectivity index (χ3v) is 14.4. The average Bonchev–Trinajstić information content (AvgIpc) is 4.16. The highest BCUT2D eigenvalue weighted by Crippen LogP contribution is 2.32. The molecule has 5 aromatic rings. The van der Waals surface area contributed by atoms with Crippen LogP contribution in [0.2, 0.25) is 0 Å². The average molecular weight is 912 g/mol. The fourth-order valence-corrected chi connectivity index (χ4v) is 10.8. The van der Waals surface area contributed by atoms with Gasteiger partial charge in [-0.15, -0.1) is 11.3 Å². The Bertz CT molecular complexity index is 2470. The summed E-state index contributed by atoms with van der Waals surface area (Å²) in [7, 11) is 1.70. The summed E-state index contributed by atoms with van der Waals surface area (Å²) >= 11 is 1.64. The Labute approximate surface area is 381 Å². The first kappa shape index (κ1) is 44.6. The molecule has 65 heavy (non-hydrogen) atoms. The quantitative estimate of drug-likeness (QED) is 0.144. The molecule has 18 heteroatoms. The Kier molecular flexibility index (Phi) is 13.9. The lowest BCUT2D eigenvalue weighted by molar-refractivity contribution is -0.139. The number of thiophene rings is 1. The van der Waals surface area contributed by atoms with Gasteiger partial charge >= 0.3 is 0 Å². The number of nitrogens with zero attached hydrogens (tertiary/aromatic N) is 7. The van der Waals surface area contributed by atoms with Crippen LogP contribution in [0.15, 0.2) is 58.6 Å². The number of aromatic nitrogens is 3. The van der Waals surface area contributed by atoms with Crippen LogP contribution in [0.4, 0.5) is 4.39 Å². The van der Waals surface area contributed by atoms with Gasteiger partial charge in [0.25, 0.3) is 11.8 Å². The zero-order valence-corrected chi connectivity index (χ0v) is 37.7. The third-order valence-electron chi connectivity index (χ3n) is 13.5. The Morgan fingerprint density at radius 2 is 1.71 bits per heavy atom. The van der Waals surface area contributed by atoms with Crippen molar-refractivity contribution < 1.29 is 37.6 Å². The van der Waals surface area contributed by atoms with Crippen molar-refractivity contribution in [3.8, 4) is 11.6 Å². The maximum Gasteiger partial charge on any atom is 0.270 e. The predicted molar refractivity (Wildman–Crippen MR) is 242 cm³/mol. The minimum absolute atomic E-state index is 0.0743. The zero-order chi connectivity index (χ0) is 44.9. The number of likely N-dealkylation sites (tertiary alicyclic amines) is 2. The topological polar surface area (TPSA) is 168 Å². The van der Waals surface area contributed by atoms with E-state index in [2.05, 4.69) is 25.7 Å². The van der Waals surface area contributed by atoms with Crippen molar-refractivity contribution in [1.82, 2.24) is 44.9 Å². The number of pyridine rings is 1. The number of benzene rings is 1. The van der Waals surface area contributed by atoms with Gasteiger partial charge in [-0.05, 0) is 98.4 Å². The van der Waals surface area contributed by atoms with Crippen molar-refractivity contribution in [2.45, 2.75) is 89.1 Å². The molecule has 4 fully saturated rings. The number of piperazine rings is 1. The number of carbonyl (C=O) groups excluding carboxylic acids is 4. The standard InChI is InChI=1S/C47H58FN9O7S/c1-49-27-41(58)51-44(31-6-3-2-4-7-31)47(61)55-21-19-54(20-22-55)46(60)39-25-32-24-33(48)9-10-38(32)57(39)29-43(59)56-16-5-8-34(56)30-62-42-26-36(64-52-42)28-53-17-12-35(13-18-53)63-40-11-15-50-37-14-23-65-45(37)40/h9-11,14-15,23-26,31,34-35,44,49H,2-8,12-13,16-22,27-30H2,1H3,(H,51,58)/t34-,44-/m0/s1. The minimum atomic E-state index is -0.604. The number of ether oxygens (including phenoxy) is 2. The molecule has 9 rings (SSSR count). The van der Waals surface area contributed by atoms with E-state index in [-0.39, 0.29) is 80.2 Å². The summed E-state index contributed by atoms with van der Waals surface area (Å²) in [5.41, 5.74) is 1.82. The van der Waals surface area contributed by atoms with Crippen molar-refractivity contribution in [2.24, 2.45) is 5.92 Å². The molecule has 3 aliphatic heterocycles. The fourth-order valence-electron chi connectivity index (χ4n) is 10.0. The molecular weight excluding hydrogens is 854 g/mol. The molecule has 7 heterocycles. The maximum atomic E-state index is 14.5. The Balaban J connectivity index is 0.789. The highest BCUT2D eigenvalue weighted by Gasteiger charge is 2.37. The molecule has 2 N–H and O–H groups in total. The number of hydrogen-bond acceptors (Lipinski definition) is 12. The number of nitrogens with one attached hydrogen (secondary N) is 2. The van der Waals surface area contributed by atoms with Crippen molar-refractivity contribution in [3.05, 3.63) is 71.3 Å². The van der Waals surface area contributed by atoms with Crippen LogP contribution in [-0.4, -0.2) is 142 Å². The first-order valence-electron chi connectivity index (χ1n) is 23.1.